The summed E-state index contributed by atoms with van der Waals surface area (Å²) >= 11 is 0. The van der Waals surface area contributed by atoms with Crippen molar-refractivity contribution >= 4 is 5.97 Å². The molecule has 0 bridgehead atoms. The van der Waals surface area contributed by atoms with Crippen molar-refractivity contribution in [3.63, 3.8) is 0 Å². The molecule has 0 aliphatic carbocycles. The lowest BCUT2D eigenvalue weighted by molar-refractivity contribution is -0.138. The number of benzene rings is 1. The van der Waals surface area contributed by atoms with Crippen LogP contribution >= 0.6 is 0 Å². The summed E-state index contributed by atoms with van der Waals surface area (Å²) in [6.45, 7) is 3.11. The van der Waals surface area contributed by atoms with Crippen molar-refractivity contribution in [1.82, 2.24) is 4.90 Å². The minimum Gasteiger partial charge on any atom is -0.481 e. The summed E-state index contributed by atoms with van der Waals surface area (Å²) in [5, 5.41) is 8.77. The van der Waals surface area contributed by atoms with E-state index in [4.69, 9.17) is 5.11 Å². The maximum absolute atomic E-state index is 10.6. The van der Waals surface area contributed by atoms with Crippen LogP contribution in [0.25, 0.3) is 0 Å². The number of likely N-dealkylation sites (tertiary alicyclic amines) is 1. The van der Waals surface area contributed by atoms with Crippen LogP contribution < -0.4 is 0 Å². The Kier molecular flexibility index (Phi) is 4.76. The predicted molar refractivity (Wildman–Crippen MR) is 71.6 cm³/mol. The van der Waals surface area contributed by atoms with Crippen molar-refractivity contribution in [2.75, 3.05) is 19.6 Å². The molecule has 0 radical (unpaired) electrons. The third-order valence-corrected chi connectivity index (χ3v) is 3.62. The van der Waals surface area contributed by atoms with Gasteiger partial charge in [0.25, 0.3) is 0 Å². The van der Waals surface area contributed by atoms with Gasteiger partial charge in [0.05, 0.1) is 0 Å². The number of hydrogen-bond acceptors (Lipinski definition) is 2. The van der Waals surface area contributed by atoms with Crippen LogP contribution in [0.4, 0.5) is 0 Å². The van der Waals surface area contributed by atoms with E-state index in [1.165, 1.54) is 5.56 Å². The van der Waals surface area contributed by atoms with Gasteiger partial charge < -0.3 is 10.0 Å². The highest BCUT2D eigenvalue weighted by Gasteiger charge is 2.23. The van der Waals surface area contributed by atoms with Crippen molar-refractivity contribution < 1.29 is 9.90 Å². The molecule has 2 rings (SSSR count). The molecule has 18 heavy (non-hydrogen) atoms. The predicted octanol–water partition coefficient (Wildman–Crippen LogP) is 2.42. The van der Waals surface area contributed by atoms with Gasteiger partial charge in [-0.25, -0.2) is 0 Å². The maximum atomic E-state index is 10.6. The van der Waals surface area contributed by atoms with Gasteiger partial charge in [-0.2, -0.15) is 0 Å². The monoisotopic (exact) mass is 247 g/mol. The van der Waals surface area contributed by atoms with Gasteiger partial charge in [0.2, 0.25) is 0 Å². The van der Waals surface area contributed by atoms with E-state index in [2.05, 4.69) is 29.2 Å². The van der Waals surface area contributed by atoms with Crippen LogP contribution in [0.15, 0.2) is 30.3 Å². The number of nitrogens with zero attached hydrogens (tertiary/aromatic N) is 1. The molecule has 0 spiro atoms. The van der Waals surface area contributed by atoms with Gasteiger partial charge >= 0.3 is 5.97 Å². The zero-order valence-corrected chi connectivity index (χ0v) is 10.7. The first kappa shape index (κ1) is 13.1. The van der Waals surface area contributed by atoms with E-state index in [0.29, 0.717) is 12.3 Å². The summed E-state index contributed by atoms with van der Waals surface area (Å²) in [5.41, 5.74) is 1.39. The Morgan fingerprint density at radius 3 is 2.83 bits per heavy atom. The fourth-order valence-electron chi connectivity index (χ4n) is 2.68. The highest BCUT2D eigenvalue weighted by Crippen LogP contribution is 2.19. The van der Waals surface area contributed by atoms with E-state index in [1.54, 1.807) is 0 Å². The molecule has 1 N–H and O–H groups in total. The zero-order chi connectivity index (χ0) is 12.8. The highest BCUT2D eigenvalue weighted by atomic mass is 16.4. The molecule has 0 saturated carbocycles. The smallest absolute Gasteiger partial charge is 0.303 e. The summed E-state index contributed by atoms with van der Waals surface area (Å²) in [6, 6.07) is 10.5. The molecule has 98 valence electrons. The molecule has 1 aliphatic heterocycles. The summed E-state index contributed by atoms with van der Waals surface area (Å²) in [7, 11) is 0. The normalized spacial score (nSPS) is 20.1. The van der Waals surface area contributed by atoms with E-state index in [1.807, 2.05) is 6.07 Å². The van der Waals surface area contributed by atoms with E-state index in [-0.39, 0.29) is 0 Å². The van der Waals surface area contributed by atoms with Crippen LogP contribution in [0.3, 0.4) is 0 Å². The second-order valence-electron chi connectivity index (χ2n) is 5.14. The molecule has 0 aromatic heterocycles. The van der Waals surface area contributed by atoms with Crippen molar-refractivity contribution in [2.24, 2.45) is 5.92 Å². The number of carboxylic acids is 1. The van der Waals surface area contributed by atoms with E-state index in [0.717, 1.165) is 38.9 Å². The number of aliphatic carboxylic acids is 1. The lowest BCUT2D eigenvalue weighted by Crippen LogP contribution is -2.23. The van der Waals surface area contributed by atoms with Crippen molar-refractivity contribution in [2.45, 2.75) is 25.7 Å². The molecule has 1 saturated heterocycles. The minimum atomic E-state index is -0.661. The van der Waals surface area contributed by atoms with Crippen LogP contribution in [0.5, 0.6) is 0 Å². The van der Waals surface area contributed by atoms with Crippen molar-refractivity contribution in [1.29, 1.82) is 0 Å². The number of aryl methyl sites for hydroxylation is 1. The largest absolute Gasteiger partial charge is 0.481 e. The Hall–Kier alpha value is -1.35. The quantitative estimate of drug-likeness (QED) is 0.839. The molecular formula is C15H21NO2. The molecule has 1 unspecified atom stereocenters. The Morgan fingerprint density at radius 1 is 1.33 bits per heavy atom. The first-order valence-electron chi connectivity index (χ1n) is 6.72. The minimum absolute atomic E-state index is 0.329. The van der Waals surface area contributed by atoms with Gasteiger partial charge in [-0.3, -0.25) is 4.79 Å². The highest BCUT2D eigenvalue weighted by molar-refractivity contribution is 5.67. The summed E-state index contributed by atoms with van der Waals surface area (Å²) < 4.78 is 0. The van der Waals surface area contributed by atoms with E-state index < -0.39 is 5.97 Å². The Labute approximate surface area is 108 Å². The first-order valence-corrected chi connectivity index (χ1v) is 6.72. The van der Waals surface area contributed by atoms with Gasteiger partial charge in [-0.15, -0.1) is 0 Å². The van der Waals surface area contributed by atoms with Gasteiger partial charge in [-0.1, -0.05) is 30.3 Å². The second-order valence-corrected chi connectivity index (χ2v) is 5.14. The van der Waals surface area contributed by atoms with Crippen LogP contribution in [0, 0.1) is 5.92 Å². The molecule has 1 aromatic rings. The van der Waals surface area contributed by atoms with Gasteiger partial charge in [-0.05, 0) is 43.8 Å². The summed E-state index contributed by atoms with van der Waals surface area (Å²) in [5.74, 6) is -0.301. The molecular weight excluding hydrogens is 226 g/mol. The summed E-state index contributed by atoms with van der Waals surface area (Å²) in [6.07, 6.45) is 3.64. The van der Waals surface area contributed by atoms with Crippen LogP contribution in [-0.2, 0) is 11.2 Å². The first-order chi connectivity index (χ1) is 8.74. The van der Waals surface area contributed by atoms with E-state index >= 15 is 0 Å². The van der Waals surface area contributed by atoms with Crippen LogP contribution in [0.1, 0.15) is 24.8 Å². The Balaban J connectivity index is 1.65. The molecule has 1 aliphatic rings. The number of rotatable bonds is 6. The average Bonchev–Trinajstić information content (AvgIpc) is 2.77. The molecule has 3 nitrogen and oxygen atoms in total. The maximum Gasteiger partial charge on any atom is 0.303 e. The van der Waals surface area contributed by atoms with Crippen molar-refractivity contribution in [3.05, 3.63) is 35.9 Å². The van der Waals surface area contributed by atoms with Gasteiger partial charge in [0.1, 0.15) is 0 Å². The van der Waals surface area contributed by atoms with Gasteiger partial charge in [0, 0.05) is 13.0 Å². The SMILES string of the molecule is O=C(O)CC1CCN(CCCc2ccccc2)C1. The third-order valence-electron chi connectivity index (χ3n) is 3.62. The molecule has 1 fully saturated rings. The molecule has 0 amide bonds. The van der Waals surface area contributed by atoms with E-state index in [9.17, 15) is 4.79 Å². The Bertz CT molecular complexity index is 377. The Morgan fingerprint density at radius 2 is 2.11 bits per heavy atom. The summed E-state index contributed by atoms with van der Waals surface area (Å²) in [4.78, 5) is 13.0. The average molecular weight is 247 g/mol. The molecule has 1 atom stereocenters. The van der Waals surface area contributed by atoms with Crippen LogP contribution in [0.2, 0.25) is 0 Å². The second kappa shape index (κ2) is 6.55. The topological polar surface area (TPSA) is 40.5 Å². The lowest BCUT2D eigenvalue weighted by atomic mass is 10.1. The van der Waals surface area contributed by atoms with Gasteiger partial charge in [0.15, 0.2) is 0 Å². The number of carbonyl (C=O) groups is 1. The fourth-order valence-corrected chi connectivity index (χ4v) is 2.68. The van der Waals surface area contributed by atoms with Crippen molar-refractivity contribution in [3.8, 4) is 0 Å². The molecule has 1 aromatic carbocycles. The van der Waals surface area contributed by atoms with Crippen LogP contribution in [-0.4, -0.2) is 35.6 Å². The standard InChI is InChI=1S/C15H21NO2/c17-15(18)11-14-8-10-16(12-14)9-4-7-13-5-2-1-3-6-13/h1-3,5-6,14H,4,7-12H2,(H,17,18). The number of hydrogen-bond donors (Lipinski definition) is 1. The fraction of sp³-hybridized carbons (Fsp3) is 0.533. The number of carboxylic acid groups (broad SMARTS) is 1. The lowest BCUT2D eigenvalue weighted by Gasteiger charge is -2.15. The zero-order valence-electron chi connectivity index (χ0n) is 10.7. The molecule has 3 heteroatoms. The third kappa shape index (κ3) is 4.15. The molecule has 1 heterocycles.